The van der Waals surface area contributed by atoms with Crippen LogP contribution in [-0.2, 0) is 7.05 Å². The molecule has 5 nitrogen and oxygen atoms in total. The summed E-state index contributed by atoms with van der Waals surface area (Å²) in [6.07, 6.45) is 8.45. The third-order valence-electron chi connectivity index (χ3n) is 5.44. The largest absolute Gasteiger partial charge is 0.336 e. The number of hydrogen-bond donors (Lipinski definition) is 1. The van der Waals surface area contributed by atoms with Crippen LogP contribution in [0.5, 0.6) is 0 Å². The molecule has 0 saturated heterocycles. The molecule has 5 heteroatoms. The Morgan fingerprint density at radius 1 is 1.24 bits per heavy atom. The van der Waals surface area contributed by atoms with Gasteiger partial charge in [0.25, 0.3) is 0 Å². The minimum Gasteiger partial charge on any atom is -0.336 e. The zero-order valence-corrected chi connectivity index (χ0v) is 14.9. The normalized spacial score (nSPS) is 19.3. The molecule has 0 spiro atoms. The number of aromatic nitrogens is 2. The maximum atomic E-state index is 13.2. The van der Waals surface area contributed by atoms with Crippen LogP contribution in [0.4, 0.5) is 4.79 Å². The number of imidazole rings is 1. The van der Waals surface area contributed by atoms with E-state index in [4.69, 9.17) is 0 Å². The summed E-state index contributed by atoms with van der Waals surface area (Å²) >= 11 is 0. The molecule has 1 aromatic heterocycles. The quantitative estimate of drug-likeness (QED) is 0.876. The minimum absolute atomic E-state index is 0.0405. The second kappa shape index (κ2) is 6.54. The number of carbonyl (C=O) groups excluding carboxylic acids is 1. The van der Waals surface area contributed by atoms with Crippen LogP contribution in [0.1, 0.15) is 50.0 Å². The number of rotatable bonds is 6. The predicted molar refractivity (Wildman–Crippen MR) is 97.1 cm³/mol. The summed E-state index contributed by atoms with van der Waals surface area (Å²) < 4.78 is 1.98. The number of benzene rings is 1. The second-order valence-corrected chi connectivity index (χ2v) is 7.41. The third-order valence-corrected chi connectivity index (χ3v) is 5.44. The lowest BCUT2D eigenvalue weighted by atomic mass is 10.1. The monoisotopic (exact) mass is 338 g/mol. The van der Waals surface area contributed by atoms with Crippen molar-refractivity contribution < 1.29 is 4.79 Å². The number of nitrogens with zero attached hydrogens (tertiary/aromatic N) is 3. The zero-order valence-electron chi connectivity index (χ0n) is 14.9. The van der Waals surface area contributed by atoms with E-state index in [1.807, 2.05) is 48.1 Å². The minimum atomic E-state index is -0.235. The fourth-order valence-corrected chi connectivity index (χ4v) is 3.64. The van der Waals surface area contributed by atoms with E-state index in [0.29, 0.717) is 18.0 Å². The molecule has 2 aliphatic rings. The molecule has 1 heterocycles. The summed E-state index contributed by atoms with van der Waals surface area (Å²) in [7, 11) is 1.97. The molecule has 2 amide bonds. The Balaban J connectivity index is 1.59. The SMILES string of the molecule is C[C@@H](C1CC1)N(C(=O)N[C@H](c1ccccc1)c1nccn1C)C1CC1. The van der Waals surface area contributed by atoms with E-state index < -0.39 is 0 Å². The molecule has 0 aliphatic heterocycles. The first kappa shape index (κ1) is 16.2. The van der Waals surface area contributed by atoms with Gasteiger partial charge < -0.3 is 14.8 Å². The van der Waals surface area contributed by atoms with Gasteiger partial charge in [-0.1, -0.05) is 30.3 Å². The number of carbonyl (C=O) groups is 1. The van der Waals surface area contributed by atoms with Crippen molar-refractivity contribution in [2.75, 3.05) is 0 Å². The maximum absolute atomic E-state index is 13.2. The first-order valence-electron chi connectivity index (χ1n) is 9.26. The molecule has 25 heavy (non-hydrogen) atoms. The molecule has 2 atom stereocenters. The van der Waals surface area contributed by atoms with Gasteiger partial charge in [-0.05, 0) is 44.1 Å². The molecular weight excluding hydrogens is 312 g/mol. The van der Waals surface area contributed by atoms with Crippen LogP contribution in [0.15, 0.2) is 42.7 Å². The Bertz CT molecular complexity index is 733. The van der Waals surface area contributed by atoms with Crippen LogP contribution in [0.3, 0.4) is 0 Å². The Labute approximate surface area is 149 Å². The van der Waals surface area contributed by atoms with E-state index in [9.17, 15) is 4.79 Å². The van der Waals surface area contributed by atoms with Crippen LogP contribution in [0.25, 0.3) is 0 Å². The van der Waals surface area contributed by atoms with Gasteiger partial charge in [-0.15, -0.1) is 0 Å². The summed E-state index contributed by atoms with van der Waals surface area (Å²) in [5.41, 5.74) is 1.06. The molecule has 0 bridgehead atoms. The van der Waals surface area contributed by atoms with Gasteiger partial charge in [-0.25, -0.2) is 9.78 Å². The summed E-state index contributed by atoms with van der Waals surface area (Å²) in [4.78, 5) is 19.7. The first-order chi connectivity index (χ1) is 12.1. The standard InChI is InChI=1S/C20H26N4O/c1-14(15-8-9-15)24(17-10-11-17)20(25)22-18(16-6-4-3-5-7-16)19-21-12-13-23(19)2/h3-7,12-15,17-18H,8-11H2,1-2H3,(H,22,25)/t14-,18+/m0/s1. The lowest BCUT2D eigenvalue weighted by molar-refractivity contribution is 0.164. The van der Waals surface area contributed by atoms with Gasteiger partial charge >= 0.3 is 6.03 Å². The predicted octanol–water partition coefficient (Wildman–Crippen LogP) is 3.48. The molecular formula is C20H26N4O. The lowest BCUT2D eigenvalue weighted by Gasteiger charge is -2.31. The number of urea groups is 1. The first-order valence-corrected chi connectivity index (χ1v) is 9.26. The Hall–Kier alpha value is -2.30. The lowest BCUT2D eigenvalue weighted by Crippen LogP contribution is -2.48. The maximum Gasteiger partial charge on any atom is 0.318 e. The van der Waals surface area contributed by atoms with Gasteiger partial charge in [0.2, 0.25) is 0 Å². The van der Waals surface area contributed by atoms with Gasteiger partial charge in [-0.2, -0.15) is 0 Å². The van der Waals surface area contributed by atoms with Gasteiger partial charge in [0.15, 0.2) is 0 Å². The molecule has 2 fully saturated rings. The Morgan fingerprint density at radius 3 is 2.52 bits per heavy atom. The van der Waals surface area contributed by atoms with Gasteiger partial charge in [-0.3, -0.25) is 0 Å². The number of hydrogen-bond acceptors (Lipinski definition) is 2. The molecule has 2 aliphatic carbocycles. The highest BCUT2D eigenvalue weighted by molar-refractivity contribution is 5.76. The van der Waals surface area contributed by atoms with Crippen molar-refractivity contribution >= 4 is 6.03 Å². The average molecular weight is 338 g/mol. The molecule has 132 valence electrons. The highest BCUT2D eigenvalue weighted by Gasteiger charge is 2.42. The van der Waals surface area contributed by atoms with Crippen molar-refractivity contribution in [3.63, 3.8) is 0 Å². The van der Waals surface area contributed by atoms with Crippen molar-refractivity contribution in [3.05, 3.63) is 54.1 Å². The number of amides is 2. The molecule has 2 aromatic rings. The van der Waals surface area contributed by atoms with Gasteiger partial charge in [0.05, 0.1) is 0 Å². The summed E-state index contributed by atoms with van der Waals surface area (Å²) in [5.74, 6) is 1.53. The molecule has 1 aromatic carbocycles. The molecule has 1 N–H and O–H groups in total. The van der Waals surface area contributed by atoms with Crippen LogP contribution < -0.4 is 5.32 Å². The Morgan fingerprint density at radius 2 is 1.96 bits per heavy atom. The van der Waals surface area contributed by atoms with E-state index in [-0.39, 0.29) is 12.1 Å². The molecule has 0 radical (unpaired) electrons. The fourth-order valence-electron chi connectivity index (χ4n) is 3.64. The van der Waals surface area contributed by atoms with Gasteiger partial charge in [0.1, 0.15) is 11.9 Å². The van der Waals surface area contributed by atoms with E-state index in [2.05, 4.69) is 22.1 Å². The third kappa shape index (κ3) is 3.41. The van der Waals surface area contributed by atoms with Crippen LogP contribution in [-0.4, -0.2) is 32.6 Å². The smallest absolute Gasteiger partial charge is 0.318 e. The number of aryl methyl sites for hydroxylation is 1. The summed E-state index contributed by atoms with van der Waals surface area (Å²) in [5, 5.41) is 3.27. The van der Waals surface area contributed by atoms with E-state index in [0.717, 1.165) is 24.2 Å². The average Bonchev–Trinajstić information content (AvgIpc) is 3.52. The van der Waals surface area contributed by atoms with Crippen LogP contribution in [0.2, 0.25) is 0 Å². The molecule has 4 rings (SSSR count). The number of nitrogens with one attached hydrogen (secondary N) is 1. The van der Waals surface area contributed by atoms with E-state index >= 15 is 0 Å². The summed E-state index contributed by atoms with van der Waals surface area (Å²) in [6, 6.07) is 10.6. The highest BCUT2D eigenvalue weighted by Crippen LogP contribution is 2.40. The van der Waals surface area contributed by atoms with E-state index in [1.165, 1.54) is 12.8 Å². The van der Waals surface area contributed by atoms with Crippen molar-refractivity contribution in [1.82, 2.24) is 19.8 Å². The van der Waals surface area contributed by atoms with Crippen LogP contribution >= 0.6 is 0 Å². The topological polar surface area (TPSA) is 50.2 Å². The van der Waals surface area contributed by atoms with Crippen molar-refractivity contribution in [3.8, 4) is 0 Å². The zero-order chi connectivity index (χ0) is 17.4. The summed E-state index contributed by atoms with van der Waals surface area (Å²) in [6.45, 7) is 2.20. The second-order valence-electron chi connectivity index (χ2n) is 7.41. The van der Waals surface area contributed by atoms with Crippen molar-refractivity contribution in [2.24, 2.45) is 13.0 Å². The van der Waals surface area contributed by atoms with Crippen molar-refractivity contribution in [1.29, 1.82) is 0 Å². The Kier molecular flexibility index (Phi) is 4.24. The van der Waals surface area contributed by atoms with E-state index in [1.54, 1.807) is 6.20 Å². The molecule has 2 saturated carbocycles. The van der Waals surface area contributed by atoms with Crippen molar-refractivity contribution in [2.45, 2.75) is 50.7 Å². The van der Waals surface area contributed by atoms with Crippen LogP contribution in [0, 0.1) is 5.92 Å². The van der Waals surface area contributed by atoms with Gasteiger partial charge in [0, 0.05) is 31.5 Å². The fraction of sp³-hybridized carbons (Fsp3) is 0.500. The molecule has 0 unspecified atom stereocenters. The highest BCUT2D eigenvalue weighted by atomic mass is 16.2.